The Morgan fingerprint density at radius 2 is 2.35 bits per heavy atom. The predicted octanol–water partition coefficient (Wildman–Crippen LogP) is 2.25. The molecule has 2 N–H and O–H groups in total. The number of amides is 1. The number of hydrogen-bond donors (Lipinski definition) is 2. The van der Waals surface area contributed by atoms with Crippen LogP contribution in [0.3, 0.4) is 0 Å². The topological polar surface area (TPSA) is 59.0 Å². The van der Waals surface area contributed by atoms with E-state index in [9.17, 15) is 9.18 Å². The molecule has 1 heterocycles. The van der Waals surface area contributed by atoms with Gasteiger partial charge >= 0.3 is 0 Å². The number of carbonyl (C=O) groups is 1. The number of aromatic amines is 1. The van der Waals surface area contributed by atoms with Gasteiger partial charge < -0.3 is 19.6 Å². The Kier molecular flexibility index (Phi) is 4.74. The van der Waals surface area contributed by atoms with E-state index in [1.54, 1.807) is 11.7 Å². The number of methoxy groups -OCH3 is 1. The van der Waals surface area contributed by atoms with Crippen LogP contribution in [0.4, 0.5) is 4.39 Å². The van der Waals surface area contributed by atoms with E-state index in [4.69, 9.17) is 28.6 Å². The maximum Gasteiger partial charge on any atom is 0.240 e. The zero-order valence-electron chi connectivity index (χ0n) is 10.7. The largest absolute Gasteiger partial charge is 0.383 e. The minimum absolute atomic E-state index is 0.0139. The number of rotatable bonds is 5. The third-order valence-corrected chi connectivity index (χ3v) is 3.36. The minimum atomic E-state index is -0.535. The zero-order chi connectivity index (χ0) is 14.7. The number of halogens is 2. The third-order valence-electron chi connectivity index (χ3n) is 2.75. The van der Waals surface area contributed by atoms with Crippen molar-refractivity contribution in [3.05, 3.63) is 27.7 Å². The zero-order valence-corrected chi connectivity index (χ0v) is 12.3. The molecule has 0 radical (unpaired) electrons. The highest BCUT2D eigenvalue weighted by Crippen LogP contribution is 2.22. The summed E-state index contributed by atoms with van der Waals surface area (Å²) in [5, 5.41) is 2.67. The average molecular weight is 318 g/mol. The lowest BCUT2D eigenvalue weighted by molar-refractivity contribution is -0.121. The quantitative estimate of drug-likeness (QED) is 0.657. The van der Waals surface area contributed by atoms with E-state index in [0.717, 1.165) is 0 Å². The molecule has 0 spiro atoms. The Hall–Kier alpha value is -1.44. The van der Waals surface area contributed by atoms with Crippen molar-refractivity contribution in [1.29, 1.82) is 0 Å². The second-order valence-electron chi connectivity index (χ2n) is 4.14. The number of benzene rings is 1. The smallest absolute Gasteiger partial charge is 0.240 e. The Balaban J connectivity index is 2.25. The van der Waals surface area contributed by atoms with Crippen molar-refractivity contribution in [2.45, 2.75) is 6.54 Å². The Morgan fingerprint density at radius 3 is 3.05 bits per heavy atom. The maximum absolute atomic E-state index is 13.4. The van der Waals surface area contributed by atoms with Crippen LogP contribution >= 0.6 is 23.8 Å². The van der Waals surface area contributed by atoms with Gasteiger partial charge in [0.05, 0.1) is 22.7 Å². The Labute approximate surface area is 124 Å². The first-order valence-electron chi connectivity index (χ1n) is 5.86. The van der Waals surface area contributed by atoms with Crippen LogP contribution in [0, 0.1) is 10.6 Å². The molecule has 0 aliphatic carbocycles. The molecule has 20 heavy (non-hydrogen) atoms. The molecule has 0 atom stereocenters. The summed E-state index contributed by atoms with van der Waals surface area (Å²) in [4.78, 5) is 14.6. The molecule has 8 heteroatoms. The van der Waals surface area contributed by atoms with E-state index in [1.165, 1.54) is 12.1 Å². The molecule has 0 fully saturated rings. The van der Waals surface area contributed by atoms with Gasteiger partial charge in [0.15, 0.2) is 4.77 Å². The number of ether oxygens (including phenoxy) is 1. The summed E-state index contributed by atoms with van der Waals surface area (Å²) in [6.07, 6.45) is 0. The second kappa shape index (κ2) is 6.34. The van der Waals surface area contributed by atoms with Gasteiger partial charge in [-0.3, -0.25) is 4.79 Å². The minimum Gasteiger partial charge on any atom is -0.383 e. The van der Waals surface area contributed by atoms with Crippen LogP contribution in [0.15, 0.2) is 12.1 Å². The number of fused-ring (bicyclic) bond motifs is 1. The third kappa shape index (κ3) is 3.17. The molecule has 1 aromatic carbocycles. The fourth-order valence-corrected chi connectivity index (χ4v) is 2.23. The van der Waals surface area contributed by atoms with Gasteiger partial charge in [-0.25, -0.2) is 4.39 Å². The molecule has 2 rings (SSSR count). The number of nitrogens with one attached hydrogen (secondary N) is 2. The number of hydrogen-bond acceptors (Lipinski definition) is 3. The Morgan fingerprint density at radius 1 is 1.60 bits per heavy atom. The number of nitrogens with zero attached hydrogens (tertiary/aromatic N) is 1. The summed E-state index contributed by atoms with van der Waals surface area (Å²) in [7, 11) is 1.55. The van der Waals surface area contributed by atoms with Crippen molar-refractivity contribution in [3.63, 3.8) is 0 Å². The normalized spacial score (nSPS) is 10.9. The summed E-state index contributed by atoms with van der Waals surface area (Å²) in [5.74, 6) is -0.744. The Bertz CT molecular complexity index is 698. The lowest BCUT2D eigenvalue weighted by atomic mass is 10.3. The molecule has 0 unspecified atom stereocenters. The molecule has 0 bridgehead atoms. The molecule has 1 aromatic heterocycles. The van der Waals surface area contributed by atoms with E-state index in [1.807, 2.05) is 0 Å². The molecule has 5 nitrogen and oxygen atoms in total. The first-order chi connectivity index (χ1) is 9.52. The predicted molar refractivity (Wildman–Crippen MR) is 77.0 cm³/mol. The highest BCUT2D eigenvalue weighted by atomic mass is 35.5. The van der Waals surface area contributed by atoms with E-state index in [0.29, 0.717) is 29.0 Å². The van der Waals surface area contributed by atoms with Gasteiger partial charge in [0.25, 0.3) is 0 Å². The number of imidazole rings is 1. The molecule has 1 amide bonds. The first kappa shape index (κ1) is 15.0. The molecule has 2 aromatic rings. The fourth-order valence-electron chi connectivity index (χ4n) is 1.80. The van der Waals surface area contributed by atoms with Gasteiger partial charge in [-0.05, 0) is 18.3 Å². The van der Waals surface area contributed by atoms with E-state index < -0.39 is 5.82 Å². The number of H-pyrrole nitrogens is 1. The van der Waals surface area contributed by atoms with Crippen LogP contribution in [0.1, 0.15) is 0 Å². The van der Waals surface area contributed by atoms with Crippen LogP contribution in [-0.4, -0.2) is 35.7 Å². The summed E-state index contributed by atoms with van der Waals surface area (Å²) in [6, 6.07) is 2.70. The molecule has 0 saturated heterocycles. The van der Waals surface area contributed by atoms with Crippen molar-refractivity contribution < 1.29 is 13.9 Å². The van der Waals surface area contributed by atoms with Crippen LogP contribution in [0.25, 0.3) is 11.0 Å². The van der Waals surface area contributed by atoms with Gasteiger partial charge in [-0.1, -0.05) is 11.6 Å². The molecule has 108 valence electrons. The SMILES string of the molecule is COCCNC(=O)Cn1c(=S)[nH]c2cc(F)c(Cl)cc21. The average Bonchev–Trinajstić information content (AvgIpc) is 2.67. The van der Waals surface area contributed by atoms with E-state index in [-0.39, 0.29) is 17.5 Å². The number of aromatic nitrogens is 2. The van der Waals surface area contributed by atoms with Crippen LogP contribution in [-0.2, 0) is 16.1 Å². The monoisotopic (exact) mass is 317 g/mol. The van der Waals surface area contributed by atoms with Crippen molar-refractivity contribution in [1.82, 2.24) is 14.9 Å². The van der Waals surface area contributed by atoms with Crippen molar-refractivity contribution in [2.24, 2.45) is 0 Å². The molecule has 0 aliphatic heterocycles. The van der Waals surface area contributed by atoms with Gasteiger partial charge in [0.2, 0.25) is 5.91 Å². The highest BCUT2D eigenvalue weighted by Gasteiger charge is 2.11. The van der Waals surface area contributed by atoms with E-state index in [2.05, 4.69) is 10.3 Å². The highest BCUT2D eigenvalue weighted by molar-refractivity contribution is 7.71. The van der Waals surface area contributed by atoms with Crippen molar-refractivity contribution >= 4 is 40.8 Å². The molecular weight excluding hydrogens is 305 g/mol. The summed E-state index contributed by atoms with van der Waals surface area (Å²) >= 11 is 10.9. The standard InChI is InChI=1S/C12H13ClFN3O2S/c1-19-3-2-15-11(18)6-17-10-4-7(13)8(14)5-9(10)16-12(17)20/h4-5H,2-3,6H2,1H3,(H,15,18)(H,16,20). The lowest BCUT2D eigenvalue weighted by Crippen LogP contribution is -2.30. The van der Waals surface area contributed by atoms with Crippen molar-refractivity contribution in [3.8, 4) is 0 Å². The van der Waals surface area contributed by atoms with Crippen LogP contribution in [0.2, 0.25) is 5.02 Å². The summed E-state index contributed by atoms with van der Waals surface area (Å²) in [5.41, 5.74) is 1.09. The second-order valence-corrected chi connectivity index (χ2v) is 4.94. The van der Waals surface area contributed by atoms with Gasteiger partial charge in [-0.2, -0.15) is 0 Å². The van der Waals surface area contributed by atoms with E-state index >= 15 is 0 Å². The molecule has 0 aliphatic rings. The van der Waals surface area contributed by atoms with Gasteiger partial charge in [0, 0.05) is 19.7 Å². The maximum atomic E-state index is 13.4. The van der Waals surface area contributed by atoms with Gasteiger partial charge in [-0.15, -0.1) is 0 Å². The molecule has 0 saturated carbocycles. The first-order valence-corrected chi connectivity index (χ1v) is 6.64. The van der Waals surface area contributed by atoms with Crippen LogP contribution in [0.5, 0.6) is 0 Å². The van der Waals surface area contributed by atoms with Crippen molar-refractivity contribution in [2.75, 3.05) is 20.3 Å². The lowest BCUT2D eigenvalue weighted by Gasteiger charge is -2.06. The van der Waals surface area contributed by atoms with Gasteiger partial charge in [0.1, 0.15) is 12.4 Å². The fraction of sp³-hybridized carbons (Fsp3) is 0.333. The van der Waals surface area contributed by atoms with Crippen LogP contribution < -0.4 is 5.32 Å². The summed E-state index contributed by atoms with van der Waals surface area (Å²) in [6.45, 7) is 0.882. The molecular formula is C12H13ClFN3O2S. The summed E-state index contributed by atoms with van der Waals surface area (Å²) < 4.78 is 20.1. The number of carbonyl (C=O) groups excluding carboxylic acids is 1.